The van der Waals surface area contributed by atoms with E-state index in [0.717, 1.165) is 10.4 Å². The van der Waals surface area contributed by atoms with Gasteiger partial charge in [0.25, 0.3) is 5.91 Å². The van der Waals surface area contributed by atoms with Gasteiger partial charge < -0.3 is 15.2 Å². The average Bonchev–Trinajstić information content (AvgIpc) is 2.71. The highest BCUT2D eigenvalue weighted by Crippen LogP contribution is 2.24. The lowest BCUT2D eigenvalue weighted by Gasteiger charge is -2.33. The molecule has 1 saturated heterocycles. The zero-order chi connectivity index (χ0) is 14.0. The first-order valence-corrected chi connectivity index (χ1v) is 7.02. The number of aryl methyl sites for hydroxylation is 1. The SMILES string of the molecule is Cc1scc(C(=O)NC2(C(=O)O)CCOCC2)c1C. The third-order valence-electron chi connectivity index (χ3n) is 3.64. The number of hydrogen-bond acceptors (Lipinski definition) is 4. The first-order chi connectivity index (χ1) is 8.96. The molecule has 5 nitrogen and oxygen atoms in total. The molecule has 0 unspecified atom stereocenters. The molecule has 104 valence electrons. The Morgan fingerprint density at radius 1 is 1.37 bits per heavy atom. The second-order valence-electron chi connectivity index (χ2n) is 4.78. The molecule has 0 saturated carbocycles. The number of carboxylic acid groups (broad SMARTS) is 1. The molecular weight excluding hydrogens is 266 g/mol. The van der Waals surface area contributed by atoms with Crippen LogP contribution in [0.3, 0.4) is 0 Å². The molecule has 1 amide bonds. The Hall–Kier alpha value is -1.40. The van der Waals surface area contributed by atoms with Gasteiger partial charge in [0.1, 0.15) is 5.54 Å². The summed E-state index contributed by atoms with van der Waals surface area (Å²) >= 11 is 1.50. The van der Waals surface area contributed by atoms with Crippen molar-refractivity contribution in [2.75, 3.05) is 13.2 Å². The average molecular weight is 283 g/mol. The smallest absolute Gasteiger partial charge is 0.329 e. The first kappa shape index (κ1) is 14.0. The number of ether oxygens (including phenoxy) is 1. The summed E-state index contributed by atoms with van der Waals surface area (Å²) in [6.45, 7) is 4.53. The molecule has 1 aliphatic rings. The number of carbonyl (C=O) groups is 2. The van der Waals surface area contributed by atoms with Crippen molar-refractivity contribution in [1.82, 2.24) is 5.32 Å². The van der Waals surface area contributed by atoms with Crippen LogP contribution in [0.25, 0.3) is 0 Å². The molecule has 19 heavy (non-hydrogen) atoms. The van der Waals surface area contributed by atoms with Crippen molar-refractivity contribution in [2.45, 2.75) is 32.2 Å². The largest absolute Gasteiger partial charge is 0.480 e. The van der Waals surface area contributed by atoms with E-state index in [2.05, 4.69) is 5.32 Å². The van der Waals surface area contributed by atoms with Crippen molar-refractivity contribution in [3.05, 3.63) is 21.4 Å². The van der Waals surface area contributed by atoms with Gasteiger partial charge in [0.2, 0.25) is 0 Å². The van der Waals surface area contributed by atoms with Gasteiger partial charge in [-0.15, -0.1) is 11.3 Å². The number of thiophene rings is 1. The highest BCUT2D eigenvalue weighted by Gasteiger charge is 2.42. The quantitative estimate of drug-likeness (QED) is 0.885. The minimum Gasteiger partial charge on any atom is -0.480 e. The van der Waals surface area contributed by atoms with Crippen molar-refractivity contribution < 1.29 is 19.4 Å². The molecule has 0 aromatic carbocycles. The molecule has 1 fully saturated rings. The fourth-order valence-electron chi connectivity index (χ4n) is 2.13. The van der Waals surface area contributed by atoms with E-state index >= 15 is 0 Å². The van der Waals surface area contributed by atoms with Crippen LogP contribution in [0.5, 0.6) is 0 Å². The molecule has 2 heterocycles. The molecule has 2 rings (SSSR count). The van der Waals surface area contributed by atoms with Crippen LogP contribution in [0.15, 0.2) is 5.38 Å². The molecular formula is C13H17NO4S. The number of hydrogen-bond donors (Lipinski definition) is 2. The maximum Gasteiger partial charge on any atom is 0.329 e. The predicted molar refractivity (Wildman–Crippen MR) is 71.7 cm³/mol. The van der Waals surface area contributed by atoms with E-state index in [-0.39, 0.29) is 5.91 Å². The van der Waals surface area contributed by atoms with Gasteiger partial charge in [0.05, 0.1) is 5.56 Å². The Balaban J connectivity index is 2.20. The summed E-state index contributed by atoms with van der Waals surface area (Å²) < 4.78 is 5.18. The topological polar surface area (TPSA) is 75.6 Å². The second-order valence-corrected chi connectivity index (χ2v) is 5.87. The van der Waals surface area contributed by atoms with E-state index in [1.165, 1.54) is 11.3 Å². The van der Waals surface area contributed by atoms with Crippen LogP contribution in [0.1, 0.15) is 33.6 Å². The monoisotopic (exact) mass is 283 g/mol. The minimum atomic E-state index is -1.20. The Kier molecular flexibility index (Phi) is 3.91. The van der Waals surface area contributed by atoms with Crippen LogP contribution in [-0.2, 0) is 9.53 Å². The fraction of sp³-hybridized carbons (Fsp3) is 0.538. The fourth-order valence-corrected chi connectivity index (χ4v) is 3.00. The van der Waals surface area contributed by atoms with Crippen molar-refractivity contribution >= 4 is 23.2 Å². The Morgan fingerprint density at radius 2 is 2.00 bits per heavy atom. The van der Waals surface area contributed by atoms with Crippen LogP contribution in [0.2, 0.25) is 0 Å². The van der Waals surface area contributed by atoms with E-state index in [1.807, 2.05) is 13.8 Å². The summed E-state index contributed by atoms with van der Waals surface area (Å²) in [7, 11) is 0. The number of carbonyl (C=O) groups excluding carboxylic acids is 1. The second kappa shape index (κ2) is 5.30. The van der Waals surface area contributed by atoms with Gasteiger partial charge in [-0.25, -0.2) is 4.79 Å². The number of nitrogens with one attached hydrogen (secondary N) is 1. The van der Waals surface area contributed by atoms with Crippen molar-refractivity contribution in [3.63, 3.8) is 0 Å². The number of rotatable bonds is 3. The lowest BCUT2D eigenvalue weighted by molar-refractivity contribution is -0.148. The third kappa shape index (κ3) is 2.64. The van der Waals surface area contributed by atoms with E-state index in [0.29, 0.717) is 31.6 Å². The maximum absolute atomic E-state index is 12.2. The van der Waals surface area contributed by atoms with Crippen molar-refractivity contribution in [3.8, 4) is 0 Å². The lowest BCUT2D eigenvalue weighted by Crippen LogP contribution is -2.57. The van der Waals surface area contributed by atoms with Crippen molar-refractivity contribution in [2.24, 2.45) is 0 Å². The minimum absolute atomic E-state index is 0.302. The maximum atomic E-state index is 12.2. The highest BCUT2D eigenvalue weighted by atomic mass is 32.1. The molecule has 0 radical (unpaired) electrons. The van der Waals surface area contributed by atoms with E-state index in [4.69, 9.17) is 4.74 Å². The van der Waals surface area contributed by atoms with Gasteiger partial charge in [-0.2, -0.15) is 0 Å². The summed E-state index contributed by atoms with van der Waals surface area (Å²) in [6.07, 6.45) is 0.604. The molecule has 0 aliphatic carbocycles. The van der Waals surface area contributed by atoms with Gasteiger partial charge in [0.15, 0.2) is 0 Å². The van der Waals surface area contributed by atoms with Crippen molar-refractivity contribution in [1.29, 1.82) is 0 Å². The van der Waals surface area contributed by atoms with Gasteiger partial charge in [-0.3, -0.25) is 4.79 Å². The van der Waals surface area contributed by atoms with Gasteiger partial charge in [0, 0.05) is 36.3 Å². The third-order valence-corrected chi connectivity index (χ3v) is 4.65. The zero-order valence-electron chi connectivity index (χ0n) is 11.0. The molecule has 1 aromatic rings. The van der Waals surface area contributed by atoms with Gasteiger partial charge >= 0.3 is 5.97 Å². The van der Waals surface area contributed by atoms with Crippen LogP contribution in [0, 0.1) is 13.8 Å². The van der Waals surface area contributed by atoms with Crippen LogP contribution >= 0.6 is 11.3 Å². The molecule has 2 N–H and O–H groups in total. The first-order valence-electron chi connectivity index (χ1n) is 6.14. The summed E-state index contributed by atoms with van der Waals surface area (Å²) in [5.41, 5.74) is 0.280. The normalized spacial score (nSPS) is 18.0. The summed E-state index contributed by atoms with van der Waals surface area (Å²) in [5.74, 6) is -1.31. The number of carboxylic acids is 1. The summed E-state index contributed by atoms with van der Waals surface area (Å²) in [6, 6.07) is 0. The Labute approximate surface area is 115 Å². The van der Waals surface area contributed by atoms with Gasteiger partial charge in [-0.1, -0.05) is 0 Å². The van der Waals surface area contributed by atoms with Crippen LogP contribution < -0.4 is 5.32 Å². The van der Waals surface area contributed by atoms with Crippen LogP contribution in [-0.4, -0.2) is 35.7 Å². The standard InChI is InChI=1S/C13H17NO4S/c1-8-9(2)19-7-10(8)11(15)14-13(12(16)17)3-5-18-6-4-13/h7H,3-6H2,1-2H3,(H,14,15)(H,16,17). The highest BCUT2D eigenvalue weighted by molar-refractivity contribution is 7.10. The molecule has 1 aliphatic heterocycles. The Bertz CT molecular complexity index is 503. The van der Waals surface area contributed by atoms with E-state index < -0.39 is 11.5 Å². The predicted octanol–water partition coefficient (Wildman–Crippen LogP) is 1.73. The summed E-state index contributed by atoms with van der Waals surface area (Å²) in [4.78, 5) is 24.8. The molecule has 0 atom stereocenters. The molecule has 0 bridgehead atoms. The lowest BCUT2D eigenvalue weighted by atomic mass is 9.89. The summed E-state index contributed by atoms with van der Waals surface area (Å²) in [5, 5.41) is 13.9. The van der Waals surface area contributed by atoms with Gasteiger partial charge in [-0.05, 0) is 19.4 Å². The Morgan fingerprint density at radius 3 is 2.47 bits per heavy atom. The number of amides is 1. The molecule has 6 heteroatoms. The zero-order valence-corrected chi connectivity index (χ0v) is 11.8. The number of aliphatic carboxylic acids is 1. The van der Waals surface area contributed by atoms with E-state index in [9.17, 15) is 14.7 Å². The van der Waals surface area contributed by atoms with E-state index in [1.54, 1.807) is 5.38 Å². The molecule has 0 spiro atoms. The molecule has 1 aromatic heterocycles. The van der Waals surface area contributed by atoms with Crippen LogP contribution in [0.4, 0.5) is 0 Å².